The molecule has 0 atom stereocenters. The molecule has 20 heavy (non-hydrogen) atoms. The maximum Gasteiger partial charge on any atom is 0.254 e. The van der Waals surface area contributed by atoms with Crippen LogP contribution in [-0.2, 0) is 6.54 Å². The van der Waals surface area contributed by atoms with Gasteiger partial charge in [0.05, 0.1) is 0 Å². The Morgan fingerprint density at radius 2 is 1.95 bits per heavy atom. The summed E-state index contributed by atoms with van der Waals surface area (Å²) < 4.78 is 0. The molecule has 0 saturated carbocycles. The summed E-state index contributed by atoms with van der Waals surface area (Å²) >= 11 is 0. The van der Waals surface area contributed by atoms with Gasteiger partial charge < -0.3 is 9.88 Å². The molecule has 0 aliphatic carbocycles. The molecule has 2 aromatic heterocycles. The minimum absolute atomic E-state index is 0.00215. The van der Waals surface area contributed by atoms with Gasteiger partial charge in [0.1, 0.15) is 0 Å². The Balaban J connectivity index is 1.82. The summed E-state index contributed by atoms with van der Waals surface area (Å²) in [5.74, 6) is -0.00215. The van der Waals surface area contributed by atoms with E-state index in [1.54, 1.807) is 29.4 Å². The summed E-state index contributed by atoms with van der Waals surface area (Å²) in [6.07, 6.45) is 5.22. The van der Waals surface area contributed by atoms with Gasteiger partial charge in [-0.05, 0) is 23.8 Å². The Bertz CT molecular complexity index is 734. The molecule has 0 fully saturated rings. The largest absolute Gasteiger partial charge is 0.361 e. The number of carbonyl (C=O) groups is 1. The molecule has 0 bridgehead atoms. The molecule has 3 rings (SSSR count). The van der Waals surface area contributed by atoms with Gasteiger partial charge >= 0.3 is 0 Å². The van der Waals surface area contributed by atoms with Crippen LogP contribution in [0.1, 0.15) is 15.9 Å². The van der Waals surface area contributed by atoms with Crippen molar-refractivity contribution in [2.45, 2.75) is 6.54 Å². The second kappa shape index (κ2) is 5.17. The predicted molar refractivity (Wildman–Crippen MR) is 78.3 cm³/mol. The topological polar surface area (TPSA) is 49.0 Å². The summed E-state index contributed by atoms with van der Waals surface area (Å²) in [4.78, 5) is 21.2. The Hall–Kier alpha value is -2.62. The number of rotatable bonds is 3. The van der Waals surface area contributed by atoms with Crippen molar-refractivity contribution in [1.29, 1.82) is 0 Å². The molecule has 4 nitrogen and oxygen atoms in total. The first-order chi connectivity index (χ1) is 9.75. The van der Waals surface area contributed by atoms with E-state index in [0.29, 0.717) is 12.1 Å². The third-order valence-electron chi connectivity index (χ3n) is 3.36. The maximum absolute atomic E-state index is 12.3. The quantitative estimate of drug-likeness (QED) is 0.791. The van der Waals surface area contributed by atoms with Crippen LogP contribution in [0.3, 0.4) is 0 Å². The van der Waals surface area contributed by atoms with E-state index in [1.165, 1.54) is 0 Å². The highest BCUT2D eigenvalue weighted by Gasteiger charge is 2.13. The number of fused-ring (bicyclic) bond motifs is 1. The molecule has 4 heteroatoms. The van der Waals surface area contributed by atoms with E-state index in [9.17, 15) is 4.79 Å². The number of hydrogen-bond acceptors (Lipinski definition) is 2. The Labute approximate surface area is 117 Å². The van der Waals surface area contributed by atoms with Crippen LogP contribution in [-0.4, -0.2) is 27.8 Å². The van der Waals surface area contributed by atoms with Gasteiger partial charge in [-0.25, -0.2) is 0 Å². The van der Waals surface area contributed by atoms with Crippen LogP contribution in [0.5, 0.6) is 0 Å². The van der Waals surface area contributed by atoms with Crippen molar-refractivity contribution < 1.29 is 4.79 Å². The lowest BCUT2D eigenvalue weighted by molar-refractivity contribution is 0.0785. The molecule has 0 unspecified atom stereocenters. The number of nitrogens with zero attached hydrogens (tertiary/aromatic N) is 2. The van der Waals surface area contributed by atoms with Crippen LogP contribution in [0, 0.1) is 0 Å². The summed E-state index contributed by atoms with van der Waals surface area (Å²) in [6.45, 7) is 0.575. The molecular formula is C16H15N3O. The summed E-state index contributed by atoms with van der Waals surface area (Å²) in [7, 11) is 1.81. The van der Waals surface area contributed by atoms with Crippen LogP contribution >= 0.6 is 0 Å². The van der Waals surface area contributed by atoms with Crippen LogP contribution in [0.4, 0.5) is 0 Å². The lowest BCUT2D eigenvalue weighted by Gasteiger charge is -2.16. The number of H-pyrrole nitrogens is 1. The zero-order valence-electron chi connectivity index (χ0n) is 11.2. The van der Waals surface area contributed by atoms with Gasteiger partial charge in [-0.15, -0.1) is 0 Å². The second-order valence-electron chi connectivity index (χ2n) is 4.76. The van der Waals surface area contributed by atoms with Gasteiger partial charge in [0.15, 0.2) is 0 Å². The molecule has 0 saturated heterocycles. The Kier molecular flexibility index (Phi) is 3.21. The van der Waals surface area contributed by atoms with E-state index >= 15 is 0 Å². The highest BCUT2D eigenvalue weighted by molar-refractivity contribution is 5.94. The average Bonchev–Trinajstić information content (AvgIpc) is 2.91. The first kappa shape index (κ1) is 12.4. The summed E-state index contributed by atoms with van der Waals surface area (Å²) in [6, 6.07) is 11.6. The lowest BCUT2D eigenvalue weighted by atomic mass is 10.1. The number of pyridine rings is 1. The second-order valence-corrected chi connectivity index (χ2v) is 4.76. The Morgan fingerprint density at radius 1 is 1.20 bits per heavy atom. The molecule has 0 aliphatic rings. The molecule has 3 aromatic rings. The van der Waals surface area contributed by atoms with Crippen molar-refractivity contribution in [2.24, 2.45) is 0 Å². The van der Waals surface area contributed by atoms with Gasteiger partial charge in [0.2, 0.25) is 0 Å². The number of aromatic nitrogens is 2. The van der Waals surface area contributed by atoms with Crippen LogP contribution in [0.15, 0.2) is 55.0 Å². The van der Waals surface area contributed by atoms with Gasteiger partial charge in [-0.2, -0.15) is 0 Å². The predicted octanol–water partition coefficient (Wildman–Crippen LogP) is 2.84. The normalized spacial score (nSPS) is 10.7. The monoisotopic (exact) mass is 265 g/mol. The fraction of sp³-hybridized carbons (Fsp3) is 0.125. The van der Waals surface area contributed by atoms with Crippen molar-refractivity contribution in [2.75, 3.05) is 7.05 Å². The van der Waals surface area contributed by atoms with E-state index in [2.05, 4.69) is 16.0 Å². The number of hydrogen-bond donors (Lipinski definition) is 1. The van der Waals surface area contributed by atoms with E-state index in [4.69, 9.17) is 0 Å². The van der Waals surface area contributed by atoms with Gasteiger partial charge in [-0.1, -0.05) is 18.2 Å². The molecular weight excluding hydrogens is 250 g/mol. The molecule has 2 heterocycles. The molecule has 0 radical (unpaired) electrons. The fourth-order valence-electron chi connectivity index (χ4n) is 2.30. The molecule has 100 valence electrons. The number of aromatic amines is 1. The van der Waals surface area contributed by atoms with Crippen LogP contribution in [0.25, 0.3) is 10.9 Å². The molecule has 1 N–H and O–H groups in total. The van der Waals surface area contributed by atoms with Crippen molar-refractivity contribution >= 4 is 16.8 Å². The van der Waals surface area contributed by atoms with Crippen molar-refractivity contribution in [3.8, 4) is 0 Å². The lowest BCUT2D eigenvalue weighted by Crippen LogP contribution is -2.26. The Morgan fingerprint density at radius 3 is 2.75 bits per heavy atom. The number of amides is 1. The van der Waals surface area contributed by atoms with E-state index in [0.717, 1.165) is 16.5 Å². The standard InChI is InChI=1S/C16H15N3O/c1-19(16(20)12-6-8-17-9-7-12)11-13-10-18-15-5-3-2-4-14(13)15/h2-10,18H,11H2,1H3. The van der Waals surface area contributed by atoms with Crippen LogP contribution < -0.4 is 0 Å². The van der Waals surface area contributed by atoms with Gasteiger partial charge in [0, 0.05) is 48.6 Å². The number of carbonyl (C=O) groups excluding carboxylic acids is 1. The third-order valence-corrected chi connectivity index (χ3v) is 3.36. The molecule has 0 spiro atoms. The average molecular weight is 265 g/mol. The number of benzene rings is 1. The first-order valence-electron chi connectivity index (χ1n) is 6.46. The van der Waals surface area contributed by atoms with Crippen molar-refractivity contribution in [3.63, 3.8) is 0 Å². The van der Waals surface area contributed by atoms with Gasteiger partial charge in [-0.3, -0.25) is 9.78 Å². The molecule has 0 aliphatic heterocycles. The highest BCUT2D eigenvalue weighted by atomic mass is 16.2. The fourth-order valence-corrected chi connectivity index (χ4v) is 2.30. The van der Waals surface area contributed by atoms with Crippen molar-refractivity contribution in [1.82, 2.24) is 14.9 Å². The van der Waals surface area contributed by atoms with E-state index < -0.39 is 0 Å². The SMILES string of the molecule is CN(Cc1c[nH]c2ccccc12)C(=O)c1ccncc1. The highest BCUT2D eigenvalue weighted by Crippen LogP contribution is 2.19. The third kappa shape index (κ3) is 2.28. The minimum Gasteiger partial charge on any atom is -0.361 e. The van der Waals surface area contributed by atoms with E-state index in [-0.39, 0.29) is 5.91 Å². The minimum atomic E-state index is -0.00215. The summed E-state index contributed by atoms with van der Waals surface area (Å²) in [5.41, 5.74) is 2.86. The zero-order chi connectivity index (χ0) is 13.9. The first-order valence-corrected chi connectivity index (χ1v) is 6.46. The van der Waals surface area contributed by atoms with E-state index in [1.807, 2.05) is 31.4 Å². The molecule has 1 aromatic carbocycles. The van der Waals surface area contributed by atoms with Crippen LogP contribution in [0.2, 0.25) is 0 Å². The smallest absolute Gasteiger partial charge is 0.254 e. The number of para-hydroxylation sites is 1. The number of nitrogens with one attached hydrogen (secondary N) is 1. The zero-order valence-corrected chi connectivity index (χ0v) is 11.2. The molecule has 1 amide bonds. The summed E-state index contributed by atoms with van der Waals surface area (Å²) in [5, 5.41) is 1.15. The van der Waals surface area contributed by atoms with Crippen molar-refractivity contribution in [3.05, 3.63) is 66.1 Å². The maximum atomic E-state index is 12.3. The van der Waals surface area contributed by atoms with Gasteiger partial charge in [0.25, 0.3) is 5.91 Å².